The Balaban J connectivity index is 1.43. The van der Waals surface area contributed by atoms with Crippen molar-refractivity contribution in [2.45, 2.75) is 24.6 Å². The molecule has 1 unspecified atom stereocenters. The van der Waals surface area contributed by atoms with Crippen LogP contribution in [0.1, 0.15) is 41.4 Å². The van der Waals surface area contributed by atoms with E-state index in [9.17, 15) is 19.2 Å². The molecule has 0 aliphatic carbocycles. The van der Waals surface area contributed by atoms with Gasteiger partial charge in [-0.25, -0.2) is 19.2 Å². The van der Waals surface area contributed by atoms with Gasteiger partial charge in [-0.2, -0.15) is 0 Å². The van der Waals surface area contributed by atoms with E-state index in [-0.39, 0.29) is 23.3 Å². The zero-order valence-corrected chi connectivity index (χ0v) is 22.2. The summed E-state index contributed by atoms with van der Waals surface area (Å²) in [5.41, 5.74) is 0.978. The summed E-state index contributed by atoms with van der Waals surface area (Å²) >= 11 is 0. The molecule has 1 heterocycles. The lowest BCUT2D eigenvalue weighted by atomic mass is 10.1. The van der Waals surface area contributed by atoms with Gasteiger partial charge in [0.25, 0.3) is 0 Å². The summed E-state index contributed by atoms with van der Waals surface area (Å²) in [5, 5.41) is 0. The van der Waals surface area contributed by atoms with Crippen LogP contribution in [0.25, 0.3) is 0 Å². The predicted octanol–water partition coefficient (Wildman–Crippen LogP) is 4.88. The maximum atomic E-state index is 13.1. The van der Waals surface area contributed by atoms with E-state index in [1.807, 2.05) is 0 Å². The fourth-order valence-corrected chi connectivity index (χ4v) is 4.28. The predicted molar refractivity (Wildman–Crippen MR) is 149 cm³/mol. The van der Waals surface area contributed by atoms with E-state index >= 15 is 0 Å². The highest BCUT2D eigenvalue weighted by Crippen LogP contribution is 2.30. The molecule has 0 radical (unpaired) electrons. The molecule has 0 N–H and O–H groups in total. The molecule has 4 atom stereocenters. The van der Waals surface area contributed by atoms with Gasteiger partial charge in [-0.05, 0) is 48.5 Å². The smallest absolute Gasteiger partial charge is 0.340 e. The highest BCUT2D eigenvalue weighted by atomic mass is 16.8. The number of carbonyl (C=O) groups excluding carboxylic acids is 4. The van der Waals surface area contributed by atoms with E-state index in [1.165, 1.54) is 0 Å². The second-order valence-electron chi connectivity index (χ2n) is 9.25. The van der Waals surface area contributed by atoms with Crippen LogP contribution in [0.15, 0.2) is 121 Å². The summed E-state index contributed by atoms with van der Waals surface area (Å²) in [4.78, 5) is 51.9. The summed E-state index contributed by atoms with van der Waals surface area (Å²) < 4.78 is 28.6. The number of benzene rings is 4. The van der Waals surface area contributed by atoms with Crippen LogP contribution in [0.5, 0.6) is 0 Å². The van der Waals surface area contributed by atoms with Crippen molar-refractivity contribution in [2.24, 2.45) is 0 Å². The number of ether oxygens (including phenoxy) is 5. The molecule has 0 saturated carbocycles. The Morgan fingerprint density at radius 2 is 0.833 bits per heavy atom. The second-order valence-corrected chi connectivity index (χ2v) is 9.25. The van der Waals surface area contributed by atoms with E-state index in [2.05, 4.69) is 0 Å². The van der Waals surface area contributed by atoms with Gasteiger partial charge in [-0.1, -0.05) is 72.8 Å². The molecule has 1 aliphatic rings. The molecule has 212 valence electrons. The van der Waals surface area contributed by atoms with E-state index in [1.54, 1.807) is 121 Å². The molecule has 1 aliphatic heterocycles. The third kappa shape index (κ3) is 6.89. The zero-order chi connectivity index (χ0) is 29.3. The molecule has 42 heavy (non-hydrogen) atoms. The summed E-state index contributed by atoms with van der Waals surface area (Å²) in [6.45, 7) is -0.390. The van der Waals surface area contributed by atoms with Crippen molar-refractivity contribution < 1.29 is 42.9 Å². The maximum Gasteiger partial charge on any atom is 0.340 e. The standard InChI is InChI=1S/C33H26O9/c34-29(22-13-5-1-6-14-22)38-21-26-27(40-30(35)23-15-7-2-8-16-23)28(41-31(36)24-17-9-3-10-18-24)33(39-26)42-32(37)25-19-11-4-12-20-25/h1-20,26-28,33H,21H2/t26-,27-,28?,33+/m1/s1. The van der Waals surface area contributed by atoms with Gasteiger partial charge in [0.1, 0.15) is 12.7 Å². The average Bonchev–Trinajstić information content (AvgIpc) is 3.35. The first-order valence-electron chi connectivity index (χ1n) is 13.2. The van der Waals surface area contributed by atoms with E-state index in [4.69, 9.17) is 23.7 Å². The largest absolute Gasteiger partial charge is 0.459 e. The molecular formula is C33H26O9. The lowest BCUT2D eigenvalue weighted by Gasteiger charge is -2.24. The lowest BCUT2D eigenvalue weighted by Crippen LogP contribution is -2.42. The quantitative estimate of drug-likeness (QED) is 0.207. The van der Waals surface area contributed by atoms with Gasteiger partial charge < -0.3 is 23.7 Å². The Morgan fingerprint density at radius 1 is 0.476 bits per heavy atom. The van der Waals surface area contributed by atoms with Gasteiger partial charge in [0.2, 0.25) is 12.4 Å². The molecule has 9 nitrogen and oxygen atoms in total. The Morgan fingerprint density at radius 3 is 1.26 bits per heavy atom. The SMILES string of the molecule is O=C(OC[C@H]1O[C@@H](OC(=O)c2ccccc2)C(OC(=O)c2ccccc2)[C@@H]1OC(=O)c1ccccc1)c1ccccc1. The summed E-state index contributed by atoms with van der Waals surface area (Å²) in [7, 11) is 0. The van der Waals surface area contributed by atoms with Gasteiger partial charge in [0.15, 0.2) is 6.10 Å². The fourth-order valence-electron chi connectivity index (χ4n) is 4.28. The molecular weight excluding hydrogens is 540 g/mol. The minimum Gasteiger partial charge on any atom is -0.459 e. The van der Waals surface area contributed by atoms with E-state index < -0.39 is 48.5 Å². The number of esters is 4. The van der Waals surface area contributed by atoms with Gasteiger partial charge in [0.05, 0.1) is 22.3 Å². The first-order valence-corrected chi connectivity index (χ1v) is 13.2. The van der Waals surface area contributed by atoms with Crippen molar-refractivity contribution in [3.8, 4) is 0 Å². The van der Waals surface area contributed by atoms with Crippen LogP contribution < -0.4 is 0 Å². The third-order valence-electron chi connectivity index (χ3n) is 6.39. The highest BCUT2D eigenvalue weighted by molar-refractivity contribution is 5.91. The molecule has 0 bridgehead atoms. The van der Waals surface area contributed by atoms with Gasteiger partial charge in [0, 0.05) is 0 Å². The van der Waals surface area contributed by atoms with Crippen molar-refractivity contribution in [1.82, 2.24) is 0 Å². The molecule has 5 rings (SSSR count). The monoisotopic (exact) mass is 566 g/mol. The third-order valence-corrected chi connectivity index (χ3v) is 6.39. The zero-order valence-electron chi connectivity index (χ0n) is 22.2. The fraction of sp³-hybridized carbons (Fsp3) is 0.152. The van der Waals surface area contributed by atoms with Crippen LogP contribution in [-0.4, -0.2) is 55.1 Å². The molecule has 1 saturated heterocycles. The van der Waals surface area contributed by atoms with Gasteiger partial charge >= 0.3 is 23.9 Å². The Bertz CT molecular complexity index is 1510. The number of carbonyl (C=O) groups is 4. The van der Waals surface area contributed by atoms with Crippen molar-refractivity contribution in [2.75, 3.05) is 6.61 Å². The number of rotatable bonds is 9. The summed E-state index contributed by atoms with van der Waals surface area (Å²) in [6.07, 6.45) is -5.33. The molecule has 0 spiro atoms. The van der Waals surface area contributed by atoms with Crippen molar-refractivity contribution in [3.63, 3.8) is 0 Å². The Labute approximate surface area is 241 Å². The molecule has 0 aromatic heterocycles. The van der Waals surface area contributed by atoms with E-state index in [0.29, 0.717) is 5.56 Å². The van der Waals surface area contributed by atoms with Crippen LogP contribution in [0, 0.1) is 0 Å². The molecule has 4 aromatic carbocycles. The Hall–Kier alpha value is -5.28. The topological polar surface area (TPSA) is 114 Å². The average molecular weight is 567 g/mol. The Kier molecular flexibility index (Phi) is 9.00. The van der Waals surface area contributed by atoms with Crippen molar-refractivity contribution in [1.29, 1.82) is 0 Å². The maximum absolute atomic E-state index is 13.1. The van der Waals surface area contributed by atoms with Gasteiger partial charge in [-0.3, -0.25) is 0 Å². The van der Waals surface area contributed by atoms with Crippen LogP contribution in [0.2, 0.25) is 0 Å². The molecule has 1 fully saturated rings. The van der Waals surface area contributed by atoms with Crippen molar-refractivity contribution >= 4 is 23.9 Å². The molecule has 0 amide bonds. The van der Waals surface area contributed by atoms with E-state index in [0.717, 1.165) is 0 Å². The summed E-state index contributed by atoms with van der Waals surface area (Å²) in [5.74, 6) is -2.89. The van der Waals surface area contributed by atoms with Crippen LogP contribution in [-0.2, 0) is 23.7 Å². The number of hydrogen-bond donors (Lipinski definition) is 0. The minimum atomic E-state index is -1.49. The normalized spacial score (nSPS) is 19.3. The second kappa shape index (κ2) is 13.4. The minimum absolute atomic E-state index is 0.220. The van der Waals surface area contributed by atoms with Crippen molar-refractivity contribution in [3.05, 3.63) is 144 Å². The first kappa shape index (κ1) is 28.3. The number of hydrogen-bond acceptors (Lipinski definition) is 9. The van der Waals surface area contributed by atoms with Crippen LogP contribution in [0.4, 0.5) is 0 Å². The lowest BCUT2D eigenvalue weighted by molar-refractivity contribution is -0.141. The van der Waals surface area contributed by atoms with Crippen LogP contribution >= 0.6 is 0 Å². The highest BCUT2D eigenvalue weighted by Gasteiger charge is 2.52. The summed E-state index contributed by atoms with van der Waals surface area (Å²) in [6, 6.07) is 32.8. The molecule has 4 aromatic rings. The molecule has 9 heteroatoms. The van der Waals surface area contributed by atoms with Gasteiger partial charge in [-0.15, -0.1) is 0 Å². The first-order chi connectivity index (χ1) is 20.5. The van der Waals surface area contributed by atoms with Crippen LogP contribution in [0.3, 0.4) is 0 Å².